The number of aryl methyl sites for hydroxylation is 1. The maximum absolute atomic E-state index is 12.7. The first-order valence-corrected chi connectivity index (χ1v) is 10.6. The number of halogens is 3. The molecule has 1 aromatic carbocycles. The molecule has 0 radical (unpaired) electrons. The number of benzene rings is 1. The van der Waals surface area contributed by atoms with E-state index in [0.29, 0.717) is 17.8 Å². The molecule has 3 aromatic rings. The summed E-state index contributed by atoms with van der Waals surface area (Å²) in [4.78, 5) is 12.4. The molecule has 0 spiro atoms. The van der Waals surface area contributed by atoms with Gasteiger partial charge in [-0.25, -0.2) is 13.1 Å². The number of aromatic nitrogens is 1. The van der Waals surface area contributed by atoms with Gasteiger partial charge in [0.2, 0.25) is 10.0 Å². The second-order valence-corrected chi connectivity index (χ2v) is 8.64. The van der Waals surface area contributed by atoms with E-state index in [1.807, 2.05) is 17.6 Å². The third kappa shape index (κ3) is 5.56. The monoisotopic (exact) mass is 455 g/mol. The molecular formula is C20H20F3N3O4S. The van der Waals surface area contributed by atoms with E-state index in [1.54, 1.807) is 25.3 Å². The van der Waals surface area contributed by atoms with E-state index < -0.39 is 28.7 Å². The highest BCUT2D eigenvalue weighted by Crippen LogP contribution is 2.21. The maximum Gasteiger partial charge on any atom is 0.402 e. The number of alkyl halides is 3. The number of furan rings is 1. The van der Waals surface area contributed by atoms with Crippen LogP contribution in [-0.4, -0.2) is 31.6 Å². The normalized spacial score (nSPS) is 12.2. The third-order valence-electron chi connectivity index (χ3n) is 4.60. The molecule has 3 rings (SSSR count). The molecule has 7 nitrogen and oxygen atoms in total. The summed E-state index contributed by atoms with van der Waals surface area (Å²) < 4.78 is 69.4. The van der Waals surface area contributed by atoms with E-state index in [2.05, 4.69) is 5.32 Å². The molecule has 11 heteroatoms. The number of carbonyl (C=O) groups excluding carboxylic acids is 1. The molecule has 2 heterocycles. The molecule has 0 atom stereocenters. The third-order valence-corrected chi connectivity index (χ3v) is 6.01. The zero-order chi connectivity index (χ0) is 22.8. The van der Waals surface area contributed by atoms with Crippen LogP contribution in [0, 0.1) is 13.8 Å². The first-order chi connectivity index (χ1) is 14.5. The van der Waals surface area contributed by atoms with Crippen LogP contribution in [0.5, 0.6) is 0 Å². The fourth-order valence-electron chi connectivity index (χ4n) is 3.01. The second-order valence-electron chi connectivity index (χ2n) is 6.87. The number of anilines is 1. The van der Waals surface area contributed by atoms with E-state index in [-0.39, 0.29) is 4.90 Å². The van der Waals surface area contributed by atoms with Crippen molar-refractivity contribution >= 4 is 21.6 Å². The zero-order valence-electron chi connectivity index (χ0n) is 16.7. The van der Waals surface area contributed by atoms with Gasteiger partial charge in [0.1, 0.15) is 12.3 Å². The molecule has 2 N–H and O–H groups in total. The average Bonchev–Trinajstić information content (AvgIpc) is 3.30. The zero-order valence-corrected chi connectivity index (χ0v) is 17.5. The van der Waals surface area contributed by atoms with Crippen molar-refractivity contribution in [3.8, 4) is 0 Å². The molecule has 0 fully saturated rings. The Bertz CT molecular complexity index is 1170. The summed E-state index contributed by atoms with van der Waals surface area (Å²) in [6.45, 7) is 2.46. The SMILES string of the molecule is Cc1cc(C(=O)Nc2ccc(S(=O)(=O)NCC(F)(F)F)cc2)c(C)n1Cc1ccco1. The number of carbonyl (C=O) groups is 1. The van der Waals surface area contributed by atoms with Crippen molar-refractivity contribution in [2.45, 2.75) is 31.5 Å². The van der Waals surface area contributed by atoms with Crippen molar-refractivity contribution < 1.29 is 30.8 Å². The van der Waals surface area contributed by atoms with E-state index >= 15 is 0 Å². The summed E-state index contributed by atoms with van der Waals surface area (Å²) in [7, 11) is -4.32. The number of nitrogens with zero attached hydrogens (tertiary/aromatic N) is 1. The Morgan fingerprint density at radius 2 is 1.81 bits per heavy atom. The standard InChI is InChI=1S/C20H20F3N3O4S/c1-13-10-18(14(2)26(13)11-16-4-3-9-30-16)19(27)25-15-5-7-17(8-6-15)31(28,29)24-12-20(21,22)23/h3-10,24H,11-12H2,1-2H3,(H,25,27). The van der Waals surface area contributed by atoms with Crippen molar-refractivity contribution in [3.63, 3.8) is 0 Å². The lowest BCUT2D eigenvalue weighted by Gasteiger charge is -2.10. The van der Waals surface area contributed by atoms with Crippen molar-refractivity contribution in [2.75, 3.05) is 11.9 Å². The van der Waals surface area contributed by atoms with Crippen LogP contribution in [-0.2, 0) is 16.6 Å². The number of sulfonamides is 1. The Labute approximate surface area is 176 Å². The van der Waals surface area contributed by atoms with Crippen LogP contribution in [0.3, 0.4) is 0 Å². The Morgan fingerprint density at radius 3 is 2.39 bits per heavy atom. The summed E-state index contributed by atoms with van der Waals surface area (Å²) in [6.07, 6.45) is -3.09. The van der Waals surface area contributed by atoms with Crippen molar-refractivity contribution in [3.05, 3.63) is 71.4 Å². The predicted molar refractivity (Wildman–Crippen MR) is 107 cm³/mol. The molecule has 0 bridgehead atoms. The van der Waals surface area contributed by atoms with E-state index in [1.165, 1.54) is 16.9 Å². The highest BCUT2D eigenvalue weighted by Gasteiger charge is 2.30. The van der Waals surface area contributed by atoms with Crippen LogP contribution in [0.2, 0.25) is 0 Å². The molecule has 2 aromatic heterocycles. The van der Waals surface area contributed by atoms with Crippen LogP contribution in [0.15, 0.2) is 58.0 Å². The molecule has 0 aliphatic heterocycles. The maximum atomic E-state index is 12.7. The summed E-state index contributed by atoms with van der Waals surface area (Å²) in [5, 5.41) is 2.66. The number of amides is 1. The minimum Gasteiger partial charge on any atom is -0.467 e. The largest absolute Gasteiger partial charge is 0.467 e. The minimum absolute atomic E-state index is 0.301. The van der Waals surface area contributed by atoms with Gasteiger partial charge in [-0.05, 0) is 56.3 Å². The number of hydrogen-bond donors (Lipinski definition) is 2. The van der Waals surface area contributed by atoms with Gasteiger partial charge in [-0.1, -0.05) is 0 Å². The van der Waals surface area contributed by atoms with Crippen molar-refractivity contribution in [1.82, 2.24) is 9.29 Å². The first kappa shape index (κ1) is 22.6. The highest BCUT2D eigenvalue weighted by molar-refractivity contribution is 7.89. The summed E-state index contributed by atoms with van der Waals surface area (Å²) in [5.41, 5.74) is 2.32. The van der Waals surface area contributed by atoms with E-state index in [0.717, 1.165) is 29.3 Å². The van der Waals surface area contributed by atoms with Gasteiger partial charge >= 0.3 is 6.18 Å². The van der Waals surface area contributed by atoms with Gasteiger partial charge in [0.05, 0.1) is 23.3 Å². The smallest absolute Gasteiger partial charge is 0.402 e. The van der Waals surface area contributed by atoms with Crippen molar-refractivity contribution in [1.29, 1.82) is 0 Å². The summed E-state index contributed by atoms with van der Waals surface area (Å²) >= 11 is 0. The molecule has 0 saturated carbocycles. The number of hydrogen-bond acceptors (Lipinski definition) is 4. The fraction of sp³-hybridized carbons (Fsp3) is 0.250. The second kappa shape index (κ2) is 8.60. The van der Waals surface area contributed by atoms with Gasteiger partial charge in [0, 0.05) is 17.1 Å². The Morgan fingerprint density at radius 1 is 1.13 bits per heavy atom. The quantitative estimate of drug-likeness (QED) is 0.566. The van der Waals surface area contributed by atoms with Crippen molar-refractivity contribution in [2.24, 2.45) is 0 Å². The molecule has 0 aliphatic rings. The van der Waals surface area contributed by atoms with Crippen LogP contribution < -0.4 is 10.0 Å². The van der Waals surface area contributed by atoms with Crippen LogP contribution in [0.1, 0.15) is 27.5 Å². The minimum atomic E-state index is -4.66. The summed E-state index contributed by atoms with van der Waals surface area (Å²) in [6, 6.07) is 10.2. The van der Waals surface area contributed by atoms with E-state index in [4.69, 9.17) is 4.42 Å². The van der Waals surface area contributed by atoms with Gasteiger partial charge in [-0.15, -0.1) is 0 Å². The Hall–Kier alpha value is -3.05. The molecule has 0 unspecified atom stereocenters. The van der Waals surface area contributed by atoms with Gasteiger partial charge in [-0.3, -0.25) is 4.79 Å². The molecule has 0 saturated heterocycles. The predicted octanol–water partition coefficient (Wildman–Crippen LogP) is 3.84. The average molecular weight is 455 g/mol. The van der Waals surface area contributed by atoms with Crippen LogP contribution in [0.25, 0.3) is 0 Å². The van der Waals surface area contributed by atoms with Crippen LogP contribution in [0.4, 0.5) is 18.9 Å². The van der Waals surface area contributed by atoms with Crippen LogP contribution >= 0.6 is 0 Å². The lowest BCUT2D eigenvalue weighted by molar-refractivity contribution is -0.121. The first-order valence-electron chi connectivity index (χ1n) is 9.13. The summed E-state index contributed by atoms with van der Waals surface area (Å²) in [5.74, 6) is 0.342. The Kier molecular flexibility index (Phi) is 6.27. The van der Waals surface area contributed by atoms with Gasteiger partial charge in [-0.2, -0.15) is 13.2 Å². The number of rotatable bonds is 7. The molecule has 0 aliphatic carbocycles. The lowest BCUT2D eigenvalue weighted by atomic mass is 10.2. The van der Waals surface area contributed by atoms with E-state index in [9.17, 15) is 26.4 Å². The fourth-order valence-corrected chi connectivity index (χ4v) is 4.02. The topological polar surface area (TPSA) is 93.3 Å². The van der Waals surface area contributed by atoms with Gasteiger partial charge in [0.25, 0.3) is 5.91 Å². The Balaban J connectivity index is 1.71. The molecular weight excluding hydrogens is 435 g/mol. The molecule has 166 valence electrons. The molecule has 31 heavy (non-hydrogen) atoms. The highest BCUT2D eigenvalue weighted by atomic mass is 32.2. The number of nitrogens with one attached hydrogen (secondary N) is 2. The molecule has 1 amide bonds. The van der Waals surface area contributed by atoms with Gasteiger partial charge in [0.15, 0.2) is 0 Å². The van der Waals surface area contributed by atoms with Gasteiger partial charge < -0.3 is 14.3 Å². The lowest BCUT2D eigenvalue weighted by Crippen LogP contribution is -2.33.